The van der Waals surface area contributed by atoms with E-state index in [9.17, 15) is 4.79 Å². The molecule has 0 saturated carbocycles. The lowest BCUT2D eigenvalue weighted by molar-refractivity contribution is 0.0596. The average Bonchev–Trinajstić information content (AvgIpc) is 2.54. The quantitative estimate of drug-likeness (QED) is 0.731. The fourth-order valence-electron chi connectivity index (χ4n) is 2.03. The van der Waals surface area contributed by atoms with Crippen molar-refractivity contribution < 1.29 is 9.53 Å². The first-order valence-electron chi connectivity index (χ1n) is 7.71. The van der Waals surface area contributed by atoms with Crippen molar-refractivity contribution in [1.29, 1.82) is 0 Å². The molecule has 3 heteroatoms. The monoisotopic (exact) mass is 319 g/mol. The van der Waals surface area contributed by atoms with Gasteiger partial charge in [0.25, 0.3) is 0 Å². The molecule has 0 aliphatic carbocycles. The summed E-state index contributed by atoms with van der Waals surface area (Å²) in [5.74, 6) is 6.22. The van der Waals surface area contributed by atoms with E-state index in [2.05, 4.69) is 18.4 Å². The Hall–Kier alpha value is -2.99. The van der Waals surface area contributed by atoms with Crippen molar-refractivity contribution in [3.63, 3.8) is 0 Å². The highest BCUT2D eigenvalue weighted by Gasteiger charge is 2.22. The normalized spacial score (nSPS) is 10.3. The molecule has 0 atom stereocenters. The summed E-state index contributed by atoms with van der Waals surface area (Å²) in [4.78, 5) is 13.8. The first-order valence-corrected chi connectivity index (χ1v) is 7.71. The Labute approximate surface area is 143 Å². The van der Waals surface area contributed by atoms with Gasteiger partial charge >= 0.3 is 6.09 Å². The third-order valence-electron chi connectivity index (χ3n) is 3.05. The molecule has 0 aliphatic rings. The van der Waals surface area contributed by atoms with E-state index in [1.54, 1.807) is 0 Å². The van der Waals surface area contributed by atoms with Crippen molar-refractivity contribution in [3.05, 3.63) is 78.5 Å². The number of nitrogens with zero attached hydrogens (tertiary/aromatic N) is 1. The molecule has 0 spiro atoms. The highest BCUT2D eigenvalue weighted by Crippen LogP contribution is 2.22. The number of benzene rings is 2. The summed E-state index contributed by atoms with van der Waals surface area (Å²) in [6.07, 6.45) is 0.961. The summed E-state index contributed by atoms with van der Waals surface area (Å²) in [6, 6.07) is 17.1. The molecule has 0 radical (unpaired) electrons. The molecule has 0 N–H and O–H groups in total. The minimum absolute atomic E-state index is 0.480. The summed E-state index contributed by atoms with van der Waals surface area (Å²) < 4.78 is 5.43. The number of hydrogen-bond donors (Lipinski definition) is 0. The molecule has 0 fully saturated rings. The van der Waals surface area contributed by atoms with Crippen molar-refractivity contribution in [3.8, 4) is 11.8 Å². The second kappa shape index (κ2) is 7.52. The molecule has 0 aromatic heterocycles. The van der Waals surface area contributed by atoms with Crippen LogP contribution in [0.3, 0.4) is 0 Å². The second-order valence-electron chi connectivity index (χ2n) is 6.17. The van der Waals surface area contributed by atoms with Gasteiger partial charge in [-0.15, -0.1) is 0 Å². The van der Waals surface area contributed by atoms with Crippen LogP contribution in [0.5, 0.6) is 0 Å². The van der Waals surface area contributed by atoms with Gasteiger partial charge in [0.2, 0.25) is 0 Å². The van der Waals surface area contributed by atoms with E-state index in [1.165, 1.54) is 11.1 Å². The summed E-state index contributed by atoms with van der Waals surface area (Å²) in [5, 5.41) is 0. The van der Waals surface area contributed by atoms with E-state index >= 15 is 0 Å². The lowest BCUT2D eigenvalue weighted by Gasteiger charge is -2.25. The van der Waals surface area contributed by atoms with Gasteiger partial charge in [0.05, 0.1) is 5.69 Å². The van der Waals surface area contributed by atoms with Gasteiger partial charge in [-0.25, -0.2) is 4.79 Å². The van der Waals surface area contributed by atoms with E-state index < -0.39 is 11.7 Å². The van der Waals surface area contributed by atoms with Gasteiger partial charge in [-0.1, -0.05) is 48.8 Å². The van der Waals surface area contributed by atoms with Gasteiger partial charge in [0, 0.05) is 17.3 Å². The molecule has 2 aromatic carbocycles. The number of para-hydroxylation sites is 1. The molecule has 0 heterocycles. The maximum absolute atomic E-state index is 12.4. The van der Waals surface area contributed by atoms with Gasteiger partial charge < -0.3 is 4.74 Å². The zero-order valence-corrected chi connectivity index (χ0v) is 14.2. The SMILES string of the molecule is C=CN(C(=O)OC(C)(C)C)c1ccccc1C#Cc1ccccc1. The Balaban J connectivity index is 2.35. The minimum Gasteiger partial charge on any atom is -0.443 e. The number of carbonyl (C=O) groups excluding carboxylic acids is 1. The fourth-order valence-corrected chi connectivity index (χ4v) is 2.03. The maximum atomic E-state index is 12.4. The number of amides is 1. The van der Waals surface area contributed by atoms with Crippen molar-refractivity contribution in [2.75, 3.05) is 4.90 Å². The third-order valence-corrected chi connectivity index (χ3v) is 3.05. The van der Waals surface area contributed by atoms with E-state index in [0.29, 0.717) is 5.69 Å². The molecular formula is C21H21NO2. The zero-order valence-electron chi connectivity index (χ0n) is 14.2. The Bertz CT molecular complexity index is 777. The topological polar surface area (TPSA) is 29.5 Å². The molecule has 0 aliphatic heterocycles. The van der Waals surface area contributed by atoms with Gasteiger partial charge in [0.15, 0.2) is 0 Å². The van der Waals surface area contributed by atoms with E-state index in [4.69, 9.17) is 4.74 Å². The van der Waals surface area contributed by atoms with Crippen LogP contribution in [-0.4, -0.2) is 11.7 Å². The summed E-state index contributed by atoms with van der Waals surface area (Å²) in [5.41, 5.74) is 1.70. The number of rotatable bonds is 2. The predicted octanol–water partition coefficient (Wildman–Crippen LogP) is 4.97. The first-order chi connectivity index (χ1) is 11.4. The van der Waals surface area contributed by atoms with Gasteiger partial charge in [0.1, 0.15) is 5.60 Å². The Kier molecular flexibility index (Phi) is 5.44. The second-order valence-corrected chi connectivity index (χ2v) is 6.17. The fraction of sp³-hybridized carbons (Fsp3) is 0.190. The lowest BCUT2D eigenvalue weighted by atomic mass is 10.1. The smallest absolute Gasteiger partial charge is 0.418 e. The third kappa shape index (κ3) is 4.76. The summed E-state index contributed by atoms with van der Waals surface area (Å²) in [6.45, 7) is 9.20. The van der Waals surface area contributed by atoms with Crippen LogP contribution in [0.4, 0.5) is 10.5 Å². The molecule has 0 unspecified atom stereocenters. The van der Waals surface area contributed by atoms with E-state index in [1.807, 2.05) is 75.4 Å². The molecule has 0 saturated heterocycles. The number of ether oxygens (including phenoxy) is 1. The molecule has 0 bridgehead atoms. The van der Waals surface area contributed by atoms with Crippen molar-refractivity contribution >= 4 is 11.8 Å². The Morgan fingerprint density at radius 2 is 1.67 bits per heavy atom. The molecule has 2 rings (SSSR count). The van der Waals surface area contributed by atoms with Crippen LogP contribution in [0.15, 0.2) is 67.4 Å². The van der Waals surface area contributed by atoms with E-state index in [-0.39, 0.29) is 0 Å². The Morgan fingerprint density at radius 3 is 2.29 bits per heavy atom. The van der Waals surface area contributed by atoms with Crippen LogP contribution in [0, 0.1) is 11.8 Å². The zero-order chi connectivity index (χ0) is 17.6. The molecule has 122 valence electrons. The van der Waals surface area contributed by atoms with Crippen LogP contribution in [-0.2, 0) is 4.74 Å². The summed E-state index contributed by atoms with van der Waals surface area (Å²) >= 11 is 0. The number of anilines is 1. The molecule has 3 nitrogen and oxygen atoms in total. The van der Waals surface area contributed by atoms with Gasteiger partial charge in [-0.05, 0) is 45.0 Å². The van der Waals surface area contributed by atoms with Crippen LogP contribution < -0.4 is 4.90 Å². The highest BCUT2D eigenvalue weighted by atomic mass is 16.6. The van der Waals surface area contributed by atoms with Crippen molar-refractivity contribution in [1.82, 2.24) is 0 Å². The summed E-state index contributed by atoms with van der Waals surface area (Å²) in [7, 11) is 0. The van der Waals surface area contributed by atoms with E-state index in [0.717, 1.165) is 11.1 Å². The van der Waals surface area contributed by atoms with Crippen LogP contribution >= 0.6 is 0 Å². The van der Waals surface area contributed by atoms with Crippen LogP contribution in [0.2, 0.25) is 0 Å². The lowest BCUT2D eigenvalue weighted by Crippen LogP contribution is -2.33. The largest absolute Gasteiger partial charge is 0.443 e. The maximum Gasteiger partial charge on any atom is 0.418 e. The molecule has 1 amide bonds. The number of carbonyl (C=O) groups is 1. The Morgan fingerprint density at radius 1 is 1.04 bits per heavy atom. The molecule has 2 aromatic rings. The van der Waals surface area contributed by atoms with Gasteiger partial charge in [-0.2, -0.15) is 0 Å². The van der Waals surface area contributed by atoms with Crippen molar-refractivity contribution in [2.24, 2.45) is 0 Å². The number of hydrogen-bond acceptors (Lipinski definition) is 2. The standard InChI is InChI=1S/C21H21NO2/c1-5-22(20(23)24-21(2,3)4)19-14-10-9-13-18(19)16-15-17-11-7-6-8-12-17/h5-14H,1H2,2-4H3. The average molecular weight is 319 g/mol. The predicted molar refractivity (Wildman–Crippen MR) is 97.8 cm³/mol. The molecular weight excluding hydrogens is 298 g/mol. The minimum atomic E-state index is -0.580. The van der Waals surface area contributed by atoms with Gasteiger partial charge in [-0.3, -0.25) is 4.90 Å². The van der Waals surface area contributed by atoms with Crippen LogP contribution in [0.1, 0.15) is 31.9 Å². The molecule has 24 heavy (non-hydrogen) atoms. The highest BCUT2D eigenvalue weighted by molar-refractivity contribution is 5.91. The first kappa shape index (κ1) is 17.4. The van der Waals surface area contributed by atoms with Crippen LogP contribution in [0.25, 0.3) is 0 Å². The van der Waals surface area contributed by atoms with Crippen molar-refractivity contribution in [2.45, 2.75) is 26.4 Å².